The Bertz CT molecular complexity index is 855. The Morgan fingerprint density at radius 3 is 2.92 bits per heavy atom. The first-order valence-electron chi connectivity index (χ1n) is 8.37. The fourth-order valence-corrected chi connectivity index (χ4v) is 3.26. The molecule has 4 nitrogen and oxygen atoms in total. The summed E-state index contributed by atoms with van der Waals surface area (Å²) >= 11 is 0. The predicted octanol–water partition coefficient (Wildman–Crippen LogP) is 3.91. The average Bonchev–Trinajstić information content (AvgIpc) is 3.13. The van der Waals surface area contributed by atoms with Crippen LogP contribution in [0.4, 0.5) is 0 Å². The standard InChI is InChI=1S/C20H21N3O/c1-14-5-3-6-16(15(14)2)12-23-9-8-18-17(13-23)11-21-20(22-18)19-7-4-10-24-19/h3-7,10-11H,8-9,12-13H2,1-2H3. The monoisotopic (exact) mass is 319 g/mol. The molecule has 1 aliphatic heterocycles. The van der Waals surface area contributed by atoms with E-state index in [-0.39, 0.29) is 0 Å². The van der Waals surface area contributed by atoms with Gasteiger partial charge in [-0.15, -0.1) is 0 Å². The van der Waals surface area contributed by atoms with Crippen LogP contribution in [0.3, 0.4) is 0 Å². The molecule has 122 valence electrons. The summed E-state index contributed by atoms with van der Waals surface area (Å²) in [6, 6.07) is 10.3. The van der Waals surface area contributed by atoms with E-state index in [0.29, 0.717) is 5.82 Å². The van der Waals surface area contributed by atoms with Crippen LogP contribution in [-0.2, 0) is 19.5 Å². The SMILES string of the molecule is Cc1cccc(CN2CCc3nc(-c4ccco4)ncc3C2)c1C. The number of fused-ring (bicyclic) bond motifs is 1. The molecule has 0 radical (unpaired) electrons. The Balaban J connectivity index is 1.53. The highest BCUT2D eigenvalue weighted by molar-refractivity contribution is 5.47. The van der Waals surface area contributed by atoms with E-state index < -0.39 is 0 Å². The van der Waals surface area contributed by atoms with Crippen LogP contribution in [0.25, 0.3) is 11.6 Å². The van der Waals surface area contributed by atoms with Gasteiger partial charge in [-0.3, -0.25) is 4.90 Å². The normalized spacial score (nSPS) is 14.6. The summed E-state index contributed by atoms with van der Waals surface area (Å²) in [6.07, 6.45) is 4.57. The highest BCUT2D eigenvalue weighted by atomic mass is 16.3. The van der Waals surface area contributed by atoms with Gasteiger partial charge in [0.25, 0.3) is 0 Å². The van der Waals surface area contributed by atoms with Crippen molar-refractivity contribution in [1.82, 2.24) is 14.9 Å². The molecule has 0 spiro atoms. The predicted molar refractivity (Wildman–Crippen MR) is 93.5 cm³/mol. The minimum absolute atomic E-state index is 0.682. The summed E-state index contributed by atoms with van der Waals surface area (Å²) in [4.78, 5) is 11.6. The second-order valence-corrected chi connectivity index (χ2v) is 6.46. The third-order valence-electron chi connectivity index (χ3n) is 4.87. The first-order valence-corrected chi connectivity index (χ1v) is 8.37. The molecule has 0 bridgehead atoms. The quantitative estimate of drug-likeness (QED) is 0.734. The molecule has 4 rings (SSSR count). The van der Waals surface area contributed by atoms with Crippen molar-refractivity contribution in [2.45, 2.75) is 33.4 Å². The summed E-state index contributed by atoms with van der Waals surface area (Å²) in [7, 11) is 0. The van der Waals surface area contributed by atoms with Crippen molar-refractivity contribution in [3.63, 3.8) is 0 Å². The fourth-order valence-electron chi connectivity index (χ4n) is 3.26. The number of benzene rings is 1. The number of furan rings is 1. The molecule has 0 atom stereocenters. The highest BCUT2D eigenvalue weighted by Crippen LogP contribution is 2.23. The van der Waals surface area contributed by atoms with Gasteiger partial charge in [0, 0.05) is 37.8 Å². The number of aryl methyl sites for hydroxylation is 1. The number of nitrogens with zero attached hydrogens (tertiary/aromatic N) is 3. The minimum Gasteiger partial charge on any atom is -0.461 e. The van der Waals surface area contributed by atoms with E-state index in [1.807, 2.05) is 18.3 Å². The van der Waals surface area contributed by atoms with E-state index in [9.17, 15) is 0 Å². The first kappa shape index (κ1) is 15.1. The summed E-state index contributed by atoms with van der Waals surface area (Å²) in [6.45, 7) is 7.29. The summed E-state index contributed by atoms with van der Waals surface area (Å²) in [5.41, 5.74) is 6.53. The first-order chi connectivity index (χ1) is 11.7. The molecule has 0 fully saturated rings. The highest BCUT2D eigenvalue weighted by Gasteiger charge is 2.20. The van der Waals surface area contributed by atoms with Crippen LogP contribution in [0.1, 0.15) is 27.9 Å². The molecule has 0 saturated heterocycles. The molecule has 1 aliphatic rings. The van der Waals surface area contributed by atoms with Gasteiger partial charge in [-0.25, -0.2) is 9.97 Å². The average molecular weight is 319 g/mol. The van der Waals surface area contributed by atoms with Gasteiger partial charge in [-0.05, 0) is 42.7 Å². The molecule has 3 heterocycles. The van der Waals surface area contributed by atoms with Crippen molar-refractivity contribution >= 4 is 0 Å². The third kappa shape index (κ3) is 2.85. The maximum absolute atomic E-state index is 5.40. The summed E-state index contributed by atoms with van der Waals surface area (Å²) in [5, 5.41) is 0. The Labute approximate surface area is 142 Å². The van der Waals surface area contributed by atoms with Gasteiger partial charge < -0.3 is 4.42 Å². The van der Waals surface area contributed by atoms with Crippen molar-refractivity contribution < 1.29 is 4.42 Å². The lowest BCUT2D eigenvalue weighted by Gasteiger charge is -2.28. The van der Waals surface area contributed by atoms with Crippen LogP contribution in [0.2, 0.25) is 0 Å². The summed E-state index contributed by atoms with van der Waals surface area (Å²) in [5.74, 6) is 1.41. The Kier molecular flexibility index (Phi) is 3.90. The zero-order valence-electron chi connectivity index (χ0n) is 14.1. The van der Waals surface area contributed by atoms with Gasteiger partial charge in [0.05, 0.1) is 12.0 Å². The molecule has 0 unspecified atom stereocenters. The van der Waals surface area contributed by atoms with E-state index in [1.165, 1.54) is 22.3 Å². The number of hydrogen-bond donors (Lipinski definition) is 0. The van der Waals surface area contributed by atoms with Gasteiger partial charge in [0.15, 0.2) is 11.6 Å². The van der Waals surface area contributed by atoms with Gasteiger partial charge in [0.2, 0.25) is 0 Å². The van der Waals surface area contributed by atoms with Crippen molar-refractivity contribution in [3.05, 3.63) is 70.7 Å². The topological polar surface area (TPSA) is 42.2 Å². The zero-order valence-corrected chi connectivity index (χ0v) is 14.1. The molecule has 3 aromatic rings. The maximum Gasteiger partial charge on any atom is 0.195 e. The van der Waals surface area contributed by atoms with Gasteiger partial charge in [0.1, 0.15) is 0 Å². The number of aromatic nitrogens is 2. The third-order valence-corrected chi connectivity index (χ3v) is 4.87. The van der Waals surface area contributed by atoms with Crippen molar-refractivity contribution in [2.75, 3.05) is 6.54 Å². The second kappa shape index (κ2) is 6.21. The zero-order chi connectivity index (χ0) is 16.5. The van der Waals surface area contributed by atoms with Gasteiger partial charge >= 0.3 is 0 Å². The molecular formula is C20H21N3O. The van der Waals surface area contributed by atoms with E-state index in [1.54, 1.807) is 6.26 Å². The number of hydrogen-bond acceptors (Lipinski definition) is 4. The molecule has 24 heavy (non-hydrogen) atoms. The van der Waals surface area contributed by atoms with E-state index in [2.05, 4.69) is 41.9 Å². The molecule has 0 N–H and O–H groups in total. The van der Waals surface area contributed by atoms with Crippen LogP contribution in [0.5, 0.6) is 0 Å². The minimum atomic E-state index is 0.682. The van der Waals surface area contributed by atoms with Crippen molar-refractivity contribution in [3.8, 4) is 11.6 Å². The van der Waals surface area contributed by atoms with E-state index >= 15 is 0 Å². The van der Waals surface area contributed by atoms with Crippen LogP contribution in [0.15, 0.2) is 47.2 Å². The maximum atomic E-state index is 5.40. The molecule has 2 aromatic heterocycles. The van der Waals surface area contributed by atoms with Crippen LogP contribution in [0, 0.1) is 13.8 Å². The molecule has 1 aromatic carbocycles. The molecule has 0 saturated carbocycles. The summed E-state index contributed by atoms with van der Waals surface area (Å²) < 4.78 is 5.40. The van der Waals surface area contributed by atoms with Crippen LogP contribution < -0.4 is 0 Å². The van der Waals surface area contributed by atoms with E-state index in [4.69, 9.17) is 9.40 Å². The molecule has 4 heteroatoms. The molecule has 0 aliphatic carbocycles. The Morgan fingerprint density at radius 2 is 2.08 bits per heavy atom. The Morgan fingerprint density at radius 1 is 1.17 bits per heavy atom. The number of rotatable bonds is 3. The molecular weight excluding hydrogens is 298 g/mol. The van der Waals surface area contributed by atoms with Crippen molar-refractivity contribution in [2.24, 2.45) is 0 Å². The second-order valence-electron chi connectivity index (χ2n) is 6.46. The fraction of sp³-hybridized carbons (Fsp3) is 0.300. The van der Waals surface area contributed by atoms with E-state index in [0.717, 1.165) is 37.5 Å². The Hall–Kier alpha value is -2.46. The smallest absolute Gasteiger partial charge is 0.195 e. The lowest BCUT2D eigenvalue weighted by Crippen LogP contribution is -2.31. The lowest BCUT2D eigenvalue weighted by atomic mass is 10.0. The van der Waals surface area contributed by atoms with Gasteiger partial charge in [-0.1, -0.05) is 18.2 Å². The van der Waals surface area contributed by atoms with Crippen LogP contribution in [-0.4, -0.2) is 21.4 Å². The van der Waals surface area contributed by atoms with Crippen molar-refractivity contribution in [1.29, 1.82) is 0 Å². The largest absolute Gasteiger partial charge is 0.461 e. The lowest BCUT2D eigenvalue weighted by molar-refractivity contribution is 0.242. The van der Waals surface area contributed by atoms with Gasteiger partial charge in [-0.2, -0.15) is 0 Å². The molecule has 0 amide bonds. The van der Waals surface area contributed by atoms with Crippen LogP contribution >= 0.6 is 0 Å².